The van der Waals surface area contributed by atoms with Crippen LogP contribution in [0.1, 0.15) is 20.8 Å². The molecular formula is C11H24N2S. The summed E-state index contributed by atoms with van der Waals surface area (Å²) in [6.07, 6.45) is 2.19. The second-order valence-electron chi connectivity index (χ2n) is 5.11. The highest BCUT2D eigenvalue weighted by Crippen LogP contribution is 2.25. The van der Waals surface area contributed by atoms with Gasteiger partial charge in [0.25, 0.3) is 0 Å². The molecular weight excluding hydrogens is 192 g/mol. The van der Waals surface area contributed by atoms with E-state index in [1.807, 2.05) is 11.8 Å². The highest BCUT2D eigenvalue weighted by molar-refractivity contribution is 7.98. The molecule has 1 aliphatic rings. The quantitative estimate of drug-likeness (QED) is 0.772. The molecule has 0 bridgehead atoms. The molecule has 0 aromatic carbocycles. The van der Waals surface area contributed by atoms with E-state index in [1.54, 1.807) is 0 Å². The molecule has 0 saturated carbocycles. The molecule has 1 rings (SSSR count). The number of hydrogen-bond acceptors (Lipinski definition) is 3. The van der Waals surface area contributed by atoms with Gasteiger partial charge in [0.1, 0.15) is 0 Å². The average molecular weight is 216 g/mol. The van der Waals surface area contributed by atoms with Crippen molar-refractivity contribution in [3.63, 3.8) is 0 Å². The third-order valence-corrected chi connectivity index (χ3v) is 3.53. The van der Waals surface area contributed by atoms with E-state index >= 15 is 0 Å². The molecule has 1 aliphatic heterocycles. The molecule has 1 atom stereocenters. The summed E-state index contributed by atoms with van der Waals surface area (Å²) in [7, 11) is 0. The molecule has 0 aromatic rings. The normalized spacial score (nSPS) is 25.3. The third kappa shape index (κ3) is 3.44. The van der Waals surface area contributed by atoms with Gasteiger partial charge < -0.3 is 5.32 Å². The number of thioether (sulfide) groups is 1. The minimum absolute atomic E-state index is 0.395. The first kappa shape index (κ1) is 12.3. The zero-order valence-corrected chi connectivity index (χ0v) is 10.8. The Morgan fingerprint density at radius 1 is 1.43 bits per heavy atom. The lowest BCUT2D eigenvalue weighted by Gasteiger charge is -2.43. The van der Waals surface area contributed by atoms with Crippen LogP contribution >= 0.6 is 11.8 Å². The number of rotatable bonds is 3. The first-order chi connectivity index (χ1) is 6.55. The summed E-state index contributed by atoms with van der Waals surface area (Å²) in [4.78, 5) is 2.65. The van der Waals surface area contributed by atoms with Crippen LogP contribution in [0.2, 0.25) is 0 Å². The van der Waals surface area contributed by atoms with E-state index in [4.69, 9.17) is 0 Å². The molecule has 0 aromatic heterocycles. The summed E-state index contributed by atoms with van der Waals surface area (Å²) in [5, 5.41) is 3.50. The maximum atomic E-state index is 3.50. The average Bonchev–Trinajstić information content (AvgIpc) is 2.14. The van der Waals surface area contributed by atoms with Crippen molar-refractivity contribution in [1.82, 2.24) is 10.2 Å². The zero-order valence-electron chi connectivity index (χ0n) is 9.97. The van der Waals surface area contributed by atoms with E-state index < -0.39 is 0 Å². The van der Waals surface area contributed by atoms with Crippen LogP contribution in [-0.2, 0) is 0 Å². The Balaban J connectivity index is 2.50. The van der Waals surface area contributed by atoms with Gasteiger partial charge in [-0.3, -0.25) is 4.90 Å². The predicted octanol–water partition coefficient (Wildman–Crippen LogP) is 1.67. The molecule has 3 heteroatoms. The van der Waals surface area contributed by atoms with Gasteiger partial charge in [-0.2, -0.15) is 11.8 Å². The Labute approximate surface area is 92.8 Å². The highest BCUT2D eigenvalue weighted by atomic mass is 32.2. The van der Waals surface area contributed by atoms with E-state index in [0.717, 1.165) is 13.1 Å². The minimum atomic E-state index is 0.395. The van der Waals surface area contributed by atoms with Gasteiger partial charge in [0, 0.05) is 38.0 Å². The molecule has 1 N–H and O–H groups in total. The molecule has 2 nitrogen and oxygen atoms in total. The molecule has 1 saturated heterocycles. The van der Waals surface area contributed by atoms with Crippen molar-refractivity contribution in [3.8, 4) is 0 Å². The van der Waals surface area contributed by atoms with Gasteiger partial charge in [0.15, 0.2) is 0 Å². The maximum Gasteiger partial charge on any atom is 0.0269 e. The zero-order chi connectivity index (χ0) is 10.6. The van der Waals surface area contributed by atoms with E-state index in [0.29, 0.717) is 11.5 Å². The molecule has 0 aliphatic carbocycles. The fourth-order valence-corrected chi connectivity index (χ4v) is 2.49. The molecule has 84 valence electrons. The number of nitrogens with zero attached hydrogens (tertiary/aromatic N) is 1. The van der Waals surface area contributed by atoms with Gasteiger partial charge in [-0.15, -0.1) is 0 Å². The summed E-state index contributed by atoms with van der Waals surface area (Å²) < 4.78 is 0. The highest BCUT2D eigenvalue weighted by Gasteiger charge is 2.31. The third-order valence-electron chi connectivity index (χ3n) is 2.94. The SMILES string of the molecule is CSCCN1CCNCC1C(C)(C)C. The Hall–Kier alpha value is 0.270. The van der Waals surface area contributed by atoms with E-state index in [1.165, 1.54) is 18.8 Å². The van der Waals surface area contributed by atoms with E-state index in [2.05, 4.69) is 37.2 Å². The van der Waals surface area contributed by atoms with Crippen LogP contribution < -0.4 is 5.32 Å². The fraction of sp³-hybridized carbons (Fsp3) is 1.00. The van der Waals surface area contributed by atoms with Gasteiger partial charge >= 0.3 is 0 Å². The van der Waals surface area contributed by atoms with Gasteiger partial charge in [-0.25, -0.2) is 0 Å². The van der Waals surface area contributed by atoms with Crippen molar-refractivity contribution in [2.45, 2.75) is 26.8 Å². The maximum absolute atomic E-state index is 3.50. The molecule has 0 radical (unpaired) electrons. The predicted molar refractivity (Wildman–Crippen MR) is 66.1 cm³/mol. The van der Waals surface area contributed by atoms with Gasteiger partial charge in [-0.1, -0.05) is 20.8 Å². The van der Waals surface area contributed by atoms with Gasteiger partial charge in [0.05, 0.1) is 0 Å². The molecule has 0 amide bonds. The first-order valence-corrected chi connectivity index (χ1v) is 6.89. The number of hydrogen-bond donors (Lipinski definition) is 1. The number of nitrogens with one attached hydrogen (secondary N) is 1. The Morgan fingerprint density at radius 2 is 2.14 bits per heavy atom. The van der Waals surface area contributed by atoms with E-state index in [-0.39, 0.29) is 0 Å². The van der Waals surface area contributed by atoms with Crippen LogP contribution in [0.5, 0.6) is 0 Å². The van der Waals surface area contributed by atoms with Crippen LogP contribution in [-0.4, -0.2) is 49.1 Å². The first-order valence-electron chi connectivity index (χ1n) is 5.49. The topological polar surface area (TPSA) is 15.3 Å². The molecule has 1 unspecified atom stereocenters. The number of piperazine rings is 1. The summed E-state index contributed by atoms with van der Waals surface area (Å²) in [6, 6.07) is 0.698. The lowest BCUT2D eigenvalue weighted by molar-refractivity contribution is 0.0817. The Morgan fingerprint density at radius 3 is 2.71 bits per heavy atom. The fourth-order valence-electron chi connectivity index (χ4n) is 2.08. The lowest BCUT2D eigenvalue weighted by atomic mass is 9.84. The van der Waals surface area contributed by atoms with Crippen molar-refractivity contribution in [3.05, 3.63) is 0 Å². The molecule has 14 heavy (non-hydrogen) atoms. The van der Waals surface area contributed by atoms with Gasteiger partial charge in [-0.05, 0) is 11.7 Å². The molecule has 0 spiro atoms. The van der Waals surface area contributed by atoms with Crippen molar-refractivity contribution < 1.29 is 0 Å². The van der Waals surface area contributed by atoms with Gasteiger partial charge in [0.2, 0.25) is 0 Å². The largest absolute Gasteiger partial charge is 0.314 e. The van der Waals surface area contributed by atoms with Crippen molar-refractivity contribution in [2.75, 3.05) is 38.2 Å². The van der Waals surface area contributed by atoms with Crippen LogP contribution in [0.25, 0.3) is 0 Å². The Bertz CT molecular complexity index is 165. The van der Waals surface area contributed by atoms with Crippen molar-refractivity contribution in [1.29, 1.82) is 0 Å². The monoisotopic (exact) mass is 216 g/mol. The molecule has 1 heterocycles. The molecule has 1 fully saturated rings. The minimum Gasteiger partial charge on any atom is -0.314 e. The van der Waals surface area contributed by atoms with Crippen LogP contribution in [0.4, 0.5) is 0 Å². The summed E-state index contributed by atoms with van der Waals surface area (Å²) in [5.74, 6) is 1.26. The second-order valence-corrected chi connectivity index (χ2v) is 6.10. The van der Waals surface area contributed by atoms with Crippen LogP contribution in [0, 0.1) is 5.41 Å². The second kappa shape index (κ2) is 5.38. The Kier molecular flexibility index (Phi) is 4.74. The van der Waals surface area contributed by atoms with Crippen LogP contribution in [0.15, 0.2) is 0 Å². The van der Waals surface area contributed by atoms with E-state index in [9.17, 15) is 0 Å². The van der Waals surface area contributed by atoms with Crippen molar-refractivity contribution >= 4 is 11.8 Å². The van der Waals surface area contributed by atoms with Crippen molar-refractivity contribution in [2.24, 2.45) is 5.41 Å². The lowest BCUT2D eigenvalue weighted by Crippen LogP contribution is -2.57. The summed E-state index contributed by atoms with van der Waals surface area (Å²) >= 11 is 1.95. The summed E-state index contributed by atoms with van der Waals surface area (Å²) in [5.41, 5.74) is 0.395. The smallest absolute Gasteiger partial charge is 0.0269 e. The summed E-state index contributed by atoms with van der Waals surface area (Å²) in [6.45, 7) is 11.8. The standard InChI is InChI=1S/C11H24N2S/c1-11(2,3)10-9-12-5-6-13(10)7-8-14-4/h10,12H,5-9H2,1-4H3. The van der Waals surface area contributed by atoms with Crippen LogP contribution in [0.3, 0.4) is 0 Å².